The lowest BCUT2D eigenvalue weighted by Gasteiger charge is -2.42. The maximum absolute atomic E-state index is 13.5. The number of rotatable bonds is 4. The van der Waals surface area contributed by atoms with Crippen LogP contribution in [0.5, 0.6) is 5.75 Å². The summed E-state index contributed by atoms with van der Waals surface area (Å²) in [5, 5.41) is 0. The molecule has 2 fully saturated rings. The first-order valence-electron chi connectivity index (χ1n) is 9.27. The van der Waals surface area contributed by atoms with E-state index in [1.807, 2.05) is 54.5 Å². The Labute approximate surface area is 159 Å². The van der Waals surface area contributed by atoms with Crippen LogP contribution in [-0.2, 0) is 16.1 Å². The molecule has 0 unspecified atom stereocenters. The van der Waals surface area contributed by atoms with E-state index in [-0.39, 0.29) is 11.8 Å². The second-order valence-corrected chi connectivity index (χ2v) is 7.35. The minimum atomic E-state index is -0.831. The molecular weight excluding hydrogens is 342 g/mol. The number of ether oxygens (including phenoxy) is 2. The summed E-state index contributed by atoms with van der Waals surface area (Å²) in [6.45, 7) is 3.12. The molecule has 1 amide bonds. The summed E-state index contributed by atoms with van der Waals surface area (Å²) in [5.41, 5.74) is 1.31. The van der Waals surface area contributed by atoms with Gasteiger partial charge in [-0.25, -0.2) is 0 Å². The molecule has 1 aromatic heterocycles. The quantitative estimate of drug-likeness (QED) is 0.826. The van der Waals surface area contributed by atoms with Gasteiger partial charge in [-0.1, -0.05) is 18.2 Å². The number of morpholine rings is 1. The average Bonchev–Trinajstić information content (AvgIpc) is 3.04. The lowest BCUT2D eigenvalue weighted by Crippen LogP contribution is -2.59. The van der Waals surface area contributed by atoms with Crippen LogP contribution in [0.1, 0.15) is 17.0 Å². The molecule has 0 bridgehead atoms. The average molecular weight is 367 g/mol. The molecule has 2 aromatic rings. The van der Waals surface area contributed by atoms with E-state index in [0.29, 0.717) is 26.2 Å². The van der Waals surface area contributed by atoms with E-state index in [0.717, 1.165) is 23.4 Å². The van der Waals surface area contributed by atoms with Crippen molar-refractivity contribution in [3.8, 4) is 5.75 Å². The van der Waals surface area contributed by atoms with Gasteiger partial charge in [0.05, 0.1) is 13.7 Å². The van der Waals surface area contributed by atoms with Crippen molar-refractivity contribution in [2.45, 2.75) is 18.1 Å². The van der Waals surface area contributed by atoms with Gasteiger partial charge < -0.3 is 19.3 Å². The zero-order valence-corrected chi connectivity index (χ0v) is 15.8. The first kappa shape index (κ1) is 17.9. The third-order valence-electron chi connectivity index (χ3n) is 5.55. The van der Waals surface area contributed by atoms with Crippen LogP contribution in [0.4, 0.5) is 0 Å². The van der Waals surface area contributed by atoms with Crippen LogP contribution in [0.2, 0.25) is 0 Å². The number of likely N-dealkylation sites (N-methyl/N-ethyl adjacent to an activating group) is 1. The molecular formula is C21H25N3O3. The highest BCUT2D eigenvalue weighted by Gasteiger charge is 2.56. The van der Waals surface area contributed by atoms with Crippen LogP contribution in [0.25, 0.3) is 0 Å². The number of aromatic nitrogens is 1. The summed E-state index contributed by atoms with van der Waals surface area (Å²) in [4.78, 5) is 21.9. The summed E-state index contributed by atoms with van der Waals surface area (Å²) >= 11 is 0. The van der Waals surface area contributed by atoms with Gasteiger partial charge in [0, 0.05) is 44.5 Å². The van der Waals surface area contributed by atoms with E-state index in [4.69, 9.17) is 9.47 Å². The third kappa shape index (κ3) is 3.31. The molecule has 0 aliphatic carbocycles. The SMILES string of the molecule is COc1ccc(CN2CCO[C@]3(CN(C)C[C@@H]3c3cccnc3)C2=O)cc1. The highest BCUT2D eigenvalue weighted by Crippen LogP contribution is 2.41. The van der Waals surface area contributed by atoms with Crippen molar-refractivity contribution in [2.75, 3.05) is 40.4 Å². The monoisotopic (exact) mass is 367 g/mol. The van der Waals surface area contributed by atoms with Crippen LogP contribution < -0.4 is 4.74 Å². The second-order valence-electron chi connectivity index (χ2n) is 7.35. The van der Waals surface area contributed by atoms with Crippen LogP contribution in [-0.4, -0.2) is 66.7 Å². The summed E-state index contributed by atoms with van der Waals surface area (Å²) in [6.07, 6.45) is 3.61. The minimum absolute atomic E-state index is 0.0117. The smallest absolute Gasteiger partial charge is 0.257 e. The Morgan fingerprint density at radius 1 is 1.30 bits per heavy atom. The van der Waals surface area contributed by atoms with Crippen LogP contribution in [0, 0.1) is 0 Å². The van der Waals surface area contributed by atoms with Gasteiger partial charge in [0.1, 0.15) is 5.75 Å². The van der Waals surface area contributed by atoms with Gasteiger partial charge in [0.25, 0.3) is 5.91 Å². The molecule has 0 radical (unpaired) electrons. The summed E-state index contributed by atoms with van der Waals surface area (Å²) in [7, 11) is 3.69. The zero-order chi connectivity index (χ0) is 18.9. The van der Waals surface area contributed by atoms with Gasteiger partial charge in [-0.2, -0.15) is 0 Å². The molecule has 2 aliphatic rings. The maximum atomic E-state index is 13.5. The minimum Gasteiger partial charge on any atom is -0.497 e. The number of amides is 1. The van der Waals surface area contributed by atoms with Crippen molar-refractivity contribution in [3.63, 3.8) is 0 Å². The normalized spacial score (nSPS) is 25.9. The molecule has 1 aromatic carbocycles. The Balaban J connectivity index is 1.59. The first-order valence-corrected chi connectivity index (χ1v) is 9.27. The fourth-order valence-electron chi connectivity index (χ4n) is 4.23. The zero-order valence-electron chi connectivity index (χ0n) is 15.8. The van der Waals surface area contributed by atoms with Gasteiger partial charge in [-0.05, 0) is 36.4 Å². The second kappa shape index (κ2) is 7.29. The van der Waals surface area contributed by atoms with Gasteiger partial charge in [0.2, 0.25) is 0 Å². The number of benzene rings is 1. The largest absolute Gasteiger partial charge is 0.497 e. The van der Waals surface area contributed by atoms with E-state index >= 15 is 0 Å². The predicted molar refractivity (Wildman–Crippen MR) is 102 cm³/mol. The van der Waals surface area contributed by atoms with Crippen LogP contribution in [0.15, 0.2) is 48.8 Å². The van der Waals surface area contributed by atoms with E-state index in [2.05, 4.69) is 9.88 Å². The highest BCUT2D eigenvalue weighted by molar-refractivity contribution is 5.88. The summed E-state index contributed by atoms with van der Waals surface area (Å²) < 4.78 is 11.4. The van der Waals surface area contributed by atoms with Gasteiger partial charge >= 0.3 is 0 Å². The number of carbonyl (C=O) groups is 1. The van der Waals surface area contributed by atoms with Gasteiger partial charge in [-0.15, -0.1) is 0 Å². The van der Waals surface area contributed by atoms with E-state index < -0.39 is 5.60 Å². The fourth-order valence-corrected chi connectivity index (χ4v) is 4.23. The van der Waals surface area contributed by atoms with Crippen molar-refractivity contribution in [1.82, 2.24) is 14.8 Å². The van der Waals surface area contributed by atoms with Crippen molar-refractivity contribution in [2.24, 2.45) is 0 Å². The van der Waals surface area contributed by atoms with E-state index in [9.17, 15) is 4.79 Å². The Hall–Kier alpha value is -2.44. The van der Waals surface area contributed by atoms with Crippen molar-refractivity contribution < 1.29 is 14.3 Å². The topological polar surface area (TPSA) is 54.9 Å². The lowest BCUT2D eigenvalue weighted by atomic mass is 9.83. The van der Waals surface area contributed by atoms with Crippen molar-refractivity contribution >= 4 is 5.91 Å². The Bertz CT molecular complexity index is 796. The number of methoxy groups -OCH3 is 1. The standard InChI is InChI=1S/C21H25N3O3/c1-23-14-19(17-4-3-9-22-12-17)21(15-23)20(25)24(10-11-27-21)13-16-5-7-18(26-2)8-6-16/h3-9,12,19H,10-11,13-15H2,1-2H3/t19-,21+/m1/s1. The molecule has 2 aliphatic heterocycles. The predicted octanol–water partition coefficient (Wildman–Crippen LogP) is 1.92. The van der Waals surface area contributed by atoms with Gasteiger partial charge in [-0.3, -0.25) is 9.78 Å². The molecule has 1 spiro atoms. The van der Waals surface area contributed by atoms with Crippen LogP contribution >= 0.6 is 0 Å². The van der Waals surface area contributed by atoms with Crippen molar-refractivity contribution in [3.05, 3.63) is 59.9 Å². The molecule has 2 atom stereocenters. The molecule has 0 saturated carbocycles. The van der Waals surface area contributed by atoms with Crippen LogP contribution in [0.3, 0.4) is 0 Å². The van der Waals surface area contributed by atoms with Crippen molar-refractivity contribution in [1.29, 1.82) is 0 Å². The molecule has 6 nitrogen and oxygen atoms in total. The Kier molecular flexibility index (Phi) is 4.85. The molecule has 4 rings (SSSR count). The number of hydrogen-bond acceptors (Lipinski definition) is 5. The fraction of sp³-hybridized carbons (Fsp3) is 0.429. The maximum Gasteiger partial charge on any atom is 0.257 e. The lowest BCUT2D eigenvalue weighted by molar-refractivity contribution is -0.172. The Morgan fingerprint density at radius 2 is 2.11 bits per heavy atom. The summed E-state index contributed by atoms with van der Waals surface area (Å²) in [5.74, 6) is 0.878. The highest BCUT2D eigenvalue weighted by atomic mass is 16.5. The first-order chi connectivity index (χ1) is 13.1. The molecule has 142 valence electrons. The van der Waals surface area contributed by atoms with E-state index in [1.165, 1.54) is 0 Å². The third-order valence-corrected chi connectivity index (χ3v) is 5.55. The molecule has 2 saturated heterocycles. The summed E-state index contributed by atoms with van der Waals surface area (Å²) in [6, 6.07) is 11.8. The van der Waals surface area contributed by atoms with Gasteiger partial charge in [0.15, 0.2) is 5.60 Å². The molecule has 27 heavy (non-hydrogen) atoms. The Morgan fingerprint density at radius 3 is 2.81 bits per heavy atom. The van der Waals surface area contributed by atoms with E-state index in [1.54, 1.807) is 13.3 Å². The number of likely N-dealkylation sites (tertiary alicyclic amines) is 1. The molecule has 3 heterocycles. The molecule has 6 heteroatoms. The molecule has 0 N–H and O–H groups in total. The number of pyridine rings is 1. The number of nitrogens with zero attached hydrogens (tertiary/aromatic N) is 3. The number of hydrogen-bond donors (Lipinski definition) is 0. The number of carbonyl (C=O) groups excluding carboxylic acids is 1.